The Kier molecular flexibility index (Phi) is 3.93. The van der Waals surface area contributed by atoms with Crippen LogP contribution in [0.15, 0.2) is 24.3 Å². The van der Waals surface area contributed by atoms with Crippen LogP contribution in [0.4, 0.5) is 4.39 Å². The van der Waals surface area contributed by atoms with Gasteiger partial charge in [0.1, 0.15) is 5.82 Å². The minimum atomic E-state index is -0.272. The van der Waals surface area contributed by atoms with Crippen molar-refractivity contribution in [2.24, 2.45) is 5.73 Å². The molecular formula is C13H18FN3O. The molecule has 2 rings (SSSR count). The Hall–Kier alpha value is -1.46. The first-order valence-corrected chi connectivity index (χ1v) is 6.05. The summed E-state index contributed by atoms with van der Waals surface area (Å²) in [6.45, 7) is 2.17. The lowest BCUT2D eigenvalue weighted by molar-refractivity contribution is -0.135. The van der Waals surface area contributed by atoms with Crippen LogP contribution in [0.1, 0.15) is 11.6 Å². The van der Waals surface area contributed by atoms with Crippen LogP contribution in [0.2, 0.25) is 0 Å². The summed E-state index contributed by atoms with van der Waals surface area (Å²) < 4.78 is 13.2. The Labute approximate surface area is 106 Å². The van der Waals surface area contributed by atoms with Gasteiger partial charge in [0.15, 0.2) is 0 Å². The zero-order valence-corrected chi connectivity index (χ0v) is 10.5. The van der Waals surface area contributed by atoms with Gasteiger partial charge in [-0.15, -0.1) is 0 Å². The maximum atomic E-state index is 13.2. The molecule has 0 radical (unpaired) electrons. The highest BCUT2D eigenvalue weighted by Crippen LogP contribution is 2.21. The second-order valence-electron chi connectivity index (χ2n) is 4.59. The average molecular weight is 251 g/mol. The van der Waals surface area contributed by atoms with E-state index in [0.717, 1.165) is 12.1 Å². The largest absolute Gasteiger partial charge is 0.343 e. The van der Waals surface area contributed by atoms with Gasteiger partial charge in [0.05, 0.1) is 6.54 Å². The zero-order chi connectivity index (χ0) is 13.1. The van der Waals surface area contributed by atoms with Gasteiger partial charge < -0.3 is 10.6 Å². The van der Waals surface area contributed by atoms with Gasteiger partial charge in [0, 0.05) is 32.7 Å². The van der Waals surface area contributed by atoms with Gasteiger partial charge in [0.2, 0.25) is 5.91 Å². The van der Waals surface area contributed by atoms with Crippen LogP contribution in [0.25, 0.3) is 0 Å². The molecular weight excluding hydrogens is 233 g/mol. The molecule has 0 aromatic heterocycles. The quantitative estimate of drug-likeness (QED) is 0.856. The highest BCUT2D eigenvalue weighted by Gasteiger charge is 2.27. The number of nitrogens with zero attached hydrogens (tertiary/aromatic N) is 2. The maximum Gasteiger partial charge on any atom is 0.236 e. The molecule has 1 unspecified atom stereocenters. The Morgan fingerprint density at radius 2 is 2.22 bits per heavy atom. The predicted octanol–water partition coefficient (Wildman–Crippen LogP) is 0.600. The lowest BCUT2D eigenvalue weighted by Crippen LogP contribution is -2.50. The van der Waals surface area contributed by atoms with Crippen LogP contribution in [-0.4, -0.2) is 48.9 Å². The number of halogens is 1. The molecule has 1 atom stereocenters. The summed E-state index contributed by atoms with van der Waals surface area (Å²) in [5.74, 6) is -0.192. The highest BCUT2D eigenvalue weighted by molar-refractivity contribution is 5.78. The van der Waals surface area contributed by atoms with E-state index in [1.165, 1.54) is 12.1 Å². The van der Waals surface area contributed by atoms with Crippen molar-refractivity contribution in [1.82, 2.24) is 9.80 Å². The minimum Gasteiger partial charge on any atom is -0.343 e. The van der Waals surface area contributed by atoms with Gasteiger partial charge in [-0.25, -0.2) is 4.39 Å². The monoisotopic (exact) mass is 251 g/mol. The first-order valence-electron chi connectivity index (χ1n) is 6.05. The molecule has 1 aliphatic heterocycles. The Bertz CT molecular complexity index is 438. The van der Waals surface area contributed by atoms with Crippen LogP contribution < -0.4 is 5.73 Å². The average Bonchev–Trinajstić information content (AvgIpc) is 2.35. The first-order chi connectivity index (χ1) is 8.61. The molecule has 0 aliphatic carbocycles. The minimum absolute atomic E-state index is 0.0797. The second kappa shape index (κ2) is 5.46. The van der Waals surface area contributed by atoms with Crippen LogP contribution >= 0.6 is 0 Å². The molecule has 1 saturated heterocycles. The van der Waals surface area contributed by atoms with Crippen LogP contribution in [0.5, 0.6) is 0 Å². The van der Waals surface area contributed by atoms with Crippen LogP contribution in [0, 0.1) is 5.82 Å². The van der Waals surface area contributed by atoms with E-state index in [1.807, 2.05) is 11.0 Å². The summed E-state index contributed by atoms with van der Waals surface area (Å²) in [7, 11) is 1.79. The van der Waals surface area contributed by atoms with Gasteiger partial charge in [0.25, 0.3) is 0 Å². The van der Waals surface area contributed by atoms with E-state index in [4.69, 9.17) is 5.73 Å². The number of benzene rings is 1. The molecule has 1 aromatic carbocycles. The number of nitrogens with two attached hydrogens (primary N) is 1. The molecule has 2 N–H and O–H groups in total. The van der Waals surface area contributed by atoms with Crippen molar-refractivity contribution in [1.29, 1.82) is 0 Å². The molecule has 4 nitrogen and oxygen atoms in total. The molecule has 0 saturated carbocycles. The van der Waals surface area contributed by atoms with Crippen molar-refractivity contribution in [3.63, 3.8) is 0 Å². The fraction of sp³-hybridized carbons (Fsp3) is 0.462. The summed E-state index contributed by atoms with van der Waals surface area (Å²) in [5.41, 5.74) is 6.61. The number of hydrogen-bond donors (Lipinski definition) is 1. The summed E-state index contributed by atoms with van der Waals surface area (Å²) in [6, 6.07) is 6.32. The normalized spacial score (nSPS) is 19.1. The molecule has 5 heteroatoms. The van der Waals surface area contributed by atoms with E-state index in [1.54, 1.807) is 18.0 Å². The molecule has 1 heterocycles. The number of amides is 1. The second-order valence-corrected chi connectivity index (χ2v) is 4.59. The maximum absolute atomic E-state index is 13.2. The third kappa shape index (κ3) is 2.68. The van der Waals surface area contributed by atoms with Gasteiger partial charge in [-0.2, -0.15) is 0 Å². The van der Waals surface area contributed by atoms with Crippen molar-refractivity contribution in [3.05, 3.63) is 35.6 Å². The molecule has 1 aromatic rings. The third-order valence-electron chi connectivity index (χ3n) is 3.38. The molecule has 18 heavy (non-hydrogen) atoms. The number of piperazine rings is 1. The fourth-order valence-electron chi connectivity index (χ4n) is 2.25. The van der Waals surface area contributed by atoms with E-state index in [0.29, 0.717) is 19.6 Å². The smallest absolute Gasteiger partial charge is 0.236 e. The lowest BCUT2D eigenvalue weighted by atomic mass is 10.0. The van der Waals surface area contributed by atoms with Crippen LogP contribution in [0.3, 0.4) is 0 Å². The predicted molar refractivity (Wildman–Crippen MR) is 67.4 cm³/mol. The Morgan fingerprint density at radius 1 is 1.44 bits per heavy atom. The zero-order valence-electron chi connectivity index (χ0n) is 10.5. The van der Waals surface area contributed by atoms with E-state index in [9.17, 15) is 9.18 Å². The SMILES string of the molecule is CN1CCN(C(CN)c2cccc(F)c2)CC1=O. The van der Waals surface area contributed by atoms with Gasteiger partial charge in [-0.1, -0.05) is 12.1 Å². The number of likely N-dealkylation sites (N-methyl/N-ethyl adjacent to an activating group) is 1. The molecule has 1 amide bonds. The summed E-state index contributed by atoms with van der Waals surface area (Å²) >= 11 is 0. The van der Waals surface area contributed by atoms with Crippen molar-refractivity contribution >= 4 is 5.91 Å². The van der Waals surface area contributed by atoms with E-state index >= 15 is 0 Å². The van der Waals surface area contributed by atoms with Crippen molar-refractivity contribution < 1.29 is 9.18 Å². The fourth-order valence-corrected chi connectivity index (χ4v) is 2.25. The topological polar surface area (TPSA) is 49.6 Å². The number of hydrogen-bond acceptors (Lipinski definition) is 3. The Morgan fingerprint density at radius 3 is 2.83 bits per heavy atom. The number of carbonyl (C=O) groups excluding carboxylic acids is 1. The van der Waals surface area contributed by atoms with Crippen molar-refractivity contribution in [2.45, 2.75) is 6.04 Å². The summed E-state index contributed by atoms with van der Waals surface area (Å²) in [6.07, 6.45) is 0. The number of rotatable bonds is 3. The summed E-state index contributed by atoms with van der Waals surface area (Å²) in [4.78, 5) is 15.4. The highest BCUT2D eigenvalue weighted by atomic mass is 19.1. The molecule has 1 aliphatic rings. The molecule has 98 valence electrons. The Balaban J connectivity index is 2.16. The summed E-state index contributed by atoms with van der Waals surface area (Å²) in [5, 5.41) is 0. The first kappa shape index (κ1) is 13.0. The lowest BCUT2D eigenvalue weighted by Gasteiger charge is -2.37. The van der Waals surface area contributed by atoms with Crippen molar-refractivity contribution in [2.75, 3.05) is 33.2 Å². The van der Waals surface area contributed by atoms with E-state index in [2.05, 4.69) is 0 Å². The molecule has 1 fully saturated rings. The van der Waals surface area contributed by atoms with Gasteiger partial charge in [-0.05, 0) is 17.7 Å². The van der Waals surface area contributed by atoms with E-state index in [-0.39, 0.29) is 17.8 Å². The standard InChI is InChI=1S/C13H18FN3O/c1-16-5-6-17(9-13(16)18)12(8-15)10-3-2-4-11(14)7-10/h2-4,7,12H,5-6,8-9,15H2,1H3. The molecule has 0 spiro atoms. The van der Waals surface area contributed by atoms with Crippen LogP contribution in [-0.2, 0) is 4.79 Å². The van der Waals surface area contributed by atoms with E-state index < -0.39 is 0 Å². The van der Waals surface area contributed by atoms with Gasteiger partial charge in [-0.3, -0.25) is 9.69 Å². The number of carbonyl (C=O) groups is 1. The van der Waals surface area contributed by atoms with Gasteiger partial charge >= 0.3 is 0 Å². The van der Waals surface area contributed by atoms with Crippen molar-refractivity contribution in [3.8, 4) is 0 Å². The molecule has 0 bridgehead atoms. The third-order valence-corrected chi connectivity index (χ3v) is 3.38.